The van der Waals surface area contributed by atoms with Crippen LogP contribution in [0, 0.1) is 19.7 Å². The third kappa shape index (κ3) is 17.7. The Hall–Kier alpha value is -15.1. The Morgan fingerprint density at radius 2 is 0.626 bits per heavy atom. The van der Waals surface area contributed by atoms with Gasteiger partial charge in [-0.1, -0.05) is 114 Å². The van der Waals surface area contributed by atoms with Crippen LogP contribution in [0.1, 0.15) is 25.0 Å². The molecular formula is C106H103Cl2FN24O6. The third-order valence-electron chi connectivity index (χ3n) is 26.9. The monoisotopic (exact) mass is 1900 g/mol. The highest BCUT2D eigenvalue weighted by atomic mass is 35.5. The van der Waals surface area contributed by atoms with Crippen molar-refractivity contribution in [3.63, 3.8) is 0 Å². The van der Waals surface area contributed by atoms with Crippen LogP contribution in [0.5, 0.6) is 0 Å². The average molecular weight is 1900 g/mol. The van der Waals surface area contributed by atoms with Crippen molar-refractivity contribution in [1.29, 1.82) is 0 Å². The molecule has 0 saturated carbocycles. The number of pyridine rings is 5. The van der Waals surface area contributed by atoms with Crippen LogP contribution in [0.15, 0.2) is 267 Å². The molecule has 0 spiro atoms. The number of aromatic nitrogens is 15. The maximum atomic E-state index is 15.5. The molecule has 0 aliphatic carbocycles. The molecule has 15 heterocycles. The lowest BCUT2D eigenvalue weighted by molar-refractivity contribution is 0.122. The number of nitrogens with zero attached hydrogens (tertiary/aromatic N) is 17. The van der Waals surface area contributed by atoms with Crippen LogP contribution < -0.4 is 62.9 Å². The molecular weight excluding hydrogens is 1800 g/mol. The van der Waals surface area contributed by atoms with Gasteiger partial charge in [-0.2, -0.15) is 0 Å². The molecule has 30 nitrogen and oxygen atoms in total. The topological polar surface area (TPSA) is 309 Å². The number of para-hydroxylation sites is 5. The van der Waals surface area contributed by atoms with E-state index in [0.717, 1.165) is 235 Å². The van der Waals surface area contributed by atoms with E-state index >= 15 is 4.39 Å². The van der Waals surface area contributed by atoms with Gasteiger partial charge in [0, 0.05) is 182 Å². The summed E-state index contributed by atoms with van der Waals surface area (Å²) in [5.74, 6) is -0.333. The Bertz CT molecular complexity index is 8120. The molecule has 20 aromatic rings. The van der Waals surface area contributed by atoms with Crippen molar-refractivity contribution in [3.8, 4) is 28.4 Å². The predicted molar refractivity (Wildman–Crippen MR) is 557 cm³/mol. The molecule has 10 aromatic heterocycles. The second-order valence-electron chi connectivity index (χ2n) is 36.0. The second kappa shape index (κ2) is 38.8. The summed E-state index contributed by atoms with van der Waals surface area (Å²) in [6.07, 6.45) is 8.12. The van der Waals surface area contributed by atoms with Gasteiger partial charge in [0.15, 0.2) is 5.82 Å². The molecule has 5 fully saturated rings. The molecule has 5 saturated heterocycles. The first-order valence-corrected chi connectivity index (χ1v) is 47.8. The molecule has 0 radical (unpaired) electrons. The zero-order chi connectivity index (χ0) is 95.2. The summed E-state index contributed by atoms with van der Waals surface area (Å²) in [6.45, 7) is 26.4. The second-order valence-corrected chi connectivity index (χ2v) is 36.8. The molecule has 0 atom stereocenters. The number of hydrogen-bond donors (Lipinski definition) is 7. The van der Waals surface area contributed by atoms with Crippen molar-refractivity contribution in [2.24, 2.45) is 0 Å². The number of hydrogen-bond acceptors (Lipinski definition) is 20. The van der Waals surface area contributed by atoms with E-state index in [4.69, 9.17) is 37.9 Å². The Morgan fingerprint density at radius 1 is 0.317 bits per heavy atom. The smallest absolute Gasteiger partial charge is 0.280 e. The molecule has 704 valence electrons. The molecule has 139 heavy (non-hydrogen) atoms. The number of anilines is 5. The van der Waals surface area contributed by atoms with Gasteiger partial charge in [-0.15, -0.1) is 0 Å². The highest BCUT2D eigenvalue weighted by Gasteiger charge is 2.29. The minimum Gasteiger partial charge on any atom is -0.378 e. The van der Waals surface area contributed by atoms with Gasteiger partial charge in [-0.3, -0.25) is 79.3 Å². The van der Waals surface area contributed by atoms with E-state index < -0.39 is 0 Å². The van der Waals surface area contributed by atoms with E-state index in [1.54, 1.807) is 43.5 Å². The van der Waals surface area contributed by atoms with Crippen LogP contribution in [0.2, 0.25) is 10.0 Å². The number of rotatable bonds is 11. The molecule has 0 bridgehead atoms. The summed E-state index contributed by atoms with van der Waals surface area (Å²) in [6, 6.07) is 68.3. The van der Waals surface area contributed by atoms with Crippen LogP contribution in [-0.4, -0.2) is 228 Å². The Kier molecular flexibility index (Phi) is 25.2. The first-order chi connectivity index (χ1) is 67.8. The number of morpholine rings is 1. The summed E-state index contributed by atoms with van der Waals surface area (Å²) in [5.41, 5.74) is 18.0. The van der Waals surface area contributed by atoms with Crippen molar-refractivity contribution < 1.29 is 9.13 Å². The van der Waals surface area contributed by atoms with E-state index in [-0.39, 0.29) is 39.1 Å². The lowest BCUT2D eigenvalue weighted by atomic mass is 10.1. The van der Waals surface area contributed by atoms with Gasteiger partial charge in [0.1, 0.15) is 5.52 Å². The van der Waals surface area contributed by atoms with E-state index in [0.29, 0.717) is 72.8 Å². The number of benzene rings is 10. The average Bonchev–Trinajstić information content (AvgIpc) is 1.52. The summed E-state index contributed by atoms with van der Waals surface area (Å²) < 4.78 is 28.7. The fraction of sp³-hybridized carbons (Fsp3) is 0.245. The summed E-state index contributed by atoms with van der Waals surface area (Å²) in [7, 11) is 2.16. The number of fused-ring (bicyclic) bond motifs is 15. The van der Waals surface area contributed by atoms with Crippen molar-refractivity contribution in [2.45, 2.75) is 33.7 Å². The molecule has 25 rings (SSSR count). The zero-order valence-electron chi connectivity index (χ0n) is 77.5. The molecule has 0 unspecified atom stereocenters. The maximum Gasteiger partial charge on any atom is 0.280 e. The third-order valence-corrected chi connectivity index (χ3v) is 27.5. The van der Waals surface area contributed by atoms with E-state index in [9.17, 15) is 24.0 Å². The van der Waals surface area contributed by atoms with Crippen molar-refractivity contribution in [3.05, 3.63) is 322 Å². The van der Waals surface area contributed by atoms with Crippen LogP contribution in [0.3, 0.4) is 0 Å². The first-order valence-electron chi connectivity index (χ1n) is 47.0. The van der Waals surface area contributed by atoms with Gasteiger partial charge in [0.25, 0.3) is 27.8 Å². The van der Waals surface area contributed by atoms with E-state index in [1.807, 2.05) is 188 Å². The summed E-state index contributed by atoms with van der Waals surface area (Å²) in [4.78, 5) is 103. The summed E-state index contributed by atoms with van der Waals surface area (Å²) in [5, 5.41) is 31.6. The molecule has 33 heteroatoms. The highest BCUT2D eigenvalue weighted by molar-refractivity contribution is 6.35. The maximum absolute atomic E-state index is 15.5. The van der Waals surface area contributed by atoms with Gasteiger partial charge in [-0.05, 0) is 167 Å². The van der Waals surface area contributed by atoms with Crippen LogP contribution >= 0.6 is 23.2 Å². The Labute approximate surface area is 805 Å². The highest BCUT2D eigenvalue weighted by Crippen LogP contribution is 2.39. The number of aromatic amines is 5. The lowest BCUT2D eigenvalue weighted by Gasteiger charge is -2.38. The largest absolute Gasteiger partial charge is 0.378 e. The number of aryl methyl sites for hydroxylation is 2. The SMILES string of the molecule is CC(C)N1CCN(c2ccc3c(ncc4c(=O)n(-c5ccccc5)[nH]c43)c2F)CC1.Cc1cc(N2CCN(C)CC2)c2ncc3c(=O)n(-c4ccccc4)[nH]c3c2c1.Cc1cc(N2CCNCC2)c2ncc3c(=O)n(-c4ccccc4)[nH]c3c2c1.O=c1c2cnc3cc(Cl)c(N4CCNCC4)cc3c2[nH]n1-c1ccccc1.O=c1c2cnc3cc(Cl)c(N4CCOCC4)cc3c2[nH]n1-c1ccccc1. The van der Waals surface area contributed by atoms with Crippen molar-refractivity contribution >= 4 is 161 Å². The minimum atomic E-state index is -0.333. The number of likely N-dealkylation sites (N-methyl/N-ethyl adjacent to an activating group) is 1. The predicted octanol–water partition coefficient (Wildman–Crippen LogP) is 15.3. The number of ether oxygens (including phenoxy) is 1. The van der Waals surface area contributed by atoms with Gasteiger partial charge in [0.2, 0.25) is 0 Å². The normalized spacial score (nSPS) is 15.2. The molecule has 7 N–H and O–H groups in total. The van der Waals surface area contributed by atoms with Gasteiger partial charge in [-0.25, -0.2) is 27.8 Å². The number of halogens is 3. The molecule has 5 aliphatic rings. The first kappa shape index (κ1) is 90.4. The zero-order valence-corrected chi connectivity index (χ0v) is 79.0. The molecule has 10 aromatic carbocycles. The van der Waals surface area contributed by atoms with Crippen molar-refractivity contribution in [1.82, 2.24) is 94.3 Å². The van der Waals surface area contributed by atoms with Gasteiger partial charge >= 0.3 is 0 Å². The Balaban J connectivity index is 0.000000103. The molecule has 0 amide bonds. The number of piperazine rings is 4. The van der Waals surface area contributed by atoms with E-state index in [2.05, 4.69) is 144 Å². The van der Waals surface area contributed by atoms with Gasteiger partial charge in [0.05, 0.1) is 157 Å². The fourth-order valence-corrected chi connectivity index (χ4v) is 20.0. The molecule has 5 aliphatic heterocycles. The minimum absolute atomic E-state index is 0.0711. The van der Waals surface area contributed by atoms with Crippen LogP contribution in [0.4, 0.5) is 32.8 Å². The number of nitrogens with one attached hydrogen (secondary N) is 7. The standard InChI is InChI=1S/C23H24FN5O.C22H23N5O.C21H21N5O.C20H18ClN5O.C20H17ClN4O2/c1-15(2)27-10-12-28(13-11-27)19-9-8-17-21-18(14-25-22(17)20(19)24)23(30)29(26-21)16-6-4-3-5-7-16;1-15-12-17-20-18(22(28)27(24-20)16-6-4-3-5-7-16)14-23-21(17)19(13-15)26-10-8-25(2)9-11-26;1-14-11-16-19-17(21(27)26(24-19)15-5-3-2-4-6-15)13-23-20(16)18(12-14)25-9-7-22-8-10-25;21-16-11-17-14(10-18(16)25-8-6-22-7-9-25)19-15(12-23-17)20(27)26(24-19)13-4-2-1-3-5-13;21-16-11-17-14(10-18(16)24-6-8-27-9-7-24)19-15(12-22-17)20(26)25(23-19)13-4-2-1-3-5-13/h3-9,14-15,26H,10-13H2,1-2H3;3-7,12-14,24H,8-11H2,1-2H3;2-6,11-13,22,24H,7-10H2,1H3;1-5,10-12,22,24H,6-9H2;1-5,10-12,23H,6-9H2. The van der Waals surface area contributed by atoms with Crippen LogP contribution in [-0.2, 0) is 4.74 Å². The fourth-order valence-electron chi connectivity index (χ4n) is 19.4. The Morgan fingerprint density at radius 3 is 0.993 bits per heavy atom. The summed E-state index contributed by atoms with van der Waals surface area (Å²) >= 11 is 13.1. The van der Waals surface area contributed by atoms with Crippen molar-refractivity contribution in [2.75, 3.05) is 163 Å². The quantitative estimate of drug-likeness (QED) is 0.0633. The van der Waals surface area contributed by atoms with Gasteiger partial charge < -0.3 is 44.8 Å². The van der Waals surface area contributed by atoms with E-state index in [1.165, 1.54) is 22.0 Å². The van der Waals surface area contributed by atoms with Crippen LogP contribution in [0.25, 0.3) is 137 Å². The number of H-pyrrole nitrogens is 5. The lowest BCUT2D eigenvalue weighted by Crippen LogP contribution is -2.49.